The summed E-state index contributed by atoms with van der Waals surface area (Å²) in [6.07, 6.45) is 0. The highest BCUT2D eigenvalue weighted by atomic mass is 35.5. The van der Waals surface area contributed by atoms with E-state index in [0.29, 0.717) is 21.3 Å². The van der Waals surface area contributed by atoms with E-state index >= 15 is 0 Å². The fraction of sp³-hybridized carbons (Fsp3) is 0.0833. The quantitative estimate of drug-likeness (QED) is 0.817. The van der Waals surface area contributed by atoms with Crippen LogP contribution >= 0.6 is 22.9 Å². The molecule has 0 radical (unpaired) electrons. The first-order valence-corrected chi connectivity index (χ1v) is 6.25. The van der Waals surface area contributed by atoms with Crippen LogP contribution in [0.4, 0.5) is 11.4 Å². The monoisotopic (exact) mass is 266 g/mol. The molecular formula is C12H11ClN2OS. The summed E-state index contributed by atoms with van der Waals surface area (Å²) in [6.45, 7) is 1.89. The smallest absolute Gasteiger partial charge is 0.267 e. The lowest BCUT2D eigenvalue weighted by molar-refractivity contribution is 0.103. The molecule has 2 aromatic rings. The van der Waals surface area contributed by atoms with Crippen LogP contribution in [0.1, 0.15) is 15.2 Å². The third-order valence-electron chi connectivity index (χ3n) is 2.37. The first-order chi connectivity index (χ1) is 8.09. The number of carbonyl (C=O) groups excluding carboxylic acids is 1. The lowest BCUT2D eigenvalue weighted by Gasteiger charge is -2.10. The van der Waals surface area contributed by atoms with Crippen molar-refractivity contribution in [3.8, 4) is 0 Å². The number of hydrogen-bond donors (Lipinski definition) is 2. The summed E-state index contributed by atoms with van der Waals surface area (Å²) in [6, 6.07) is 7.18. The van der Waals surface area contributed by atoms with Crippen LogP contribution in [0.3, 0.4) is 0 Å². The van der Waals surface area contributed by atoms with Gasteiger partial charge in [0.05, 0.1) is 16.4 Å². The van der Waals surface area contributed by atoms with E-state index < -0.39 is 0 Å². The molecule has 2 rings (SSSR count). The van der Waals surface area contributed by atoms with E-state index in [4.69, 9.17) is 17.3 Å². The van der Waals surface area contributed by atoms with Crippen LogP contribution in [0.15, 0.2) is 29.6 Å². The van der Waals surface area contributed by atoms with Crippen molar-refractivity contribution in [2.75, 3.05) is 11.1 Å². The van der Waals surface area contributed by atoms with Crippen LogP contribution in [-0.4, -0.2) is 5.91 Å². The molecule has 0 saturated heterocycles. The minimum atomic E-state index is -0.231. The number of carbonyl (C=O) groups is 1. The Balaban J connectivity index is 2.28. The maximum Gasteiger partial charge on any atom is 0.267 e. The predicted octanol–water partition coefficient (Wildman–Crippen LogP) is 3.54. The molecule has 1 aromatic carbocycles. The van der Waals surface area contributed by atoms with Gasteiger partial charge < -0.3 is 11.1 Å². The summed E-state index contributed by atoms with van der Waals surface area (Å²) in [5.41, 5.74) is 7.93. The Hall–Kier alpha value is -1.52. The summed E-state index contributed by atoms with van der Waals surface area (Å²) in [5, 5.41) is 5.02. The van der Waals surface area contributed by atoms with Crippen molar-refractivity contribution in [1.82, 2.24) is 0 Å². The number of amides is 1. The lowest BCUT2D eigenvalue weighted by atomic mass is 10.1. The number of benzene rings is 1. The Labute approximate surface area is 108 Å². The zero-order chi connectivity index (χ0) is 12.4. The highest BCUT2D eigenvalue weighted by Crippen LogP contribution is 2.26. The van der Waals surface area contributed by atoms with Crippen molar-refractivity contribution in [2.24, 2.45) is 0 Å². The SMILES string of the molecule is Cc1cccc(N)c1NC(=O)c1sccc1Cl. The van der Waals surface area contributed by atoms with Gasteiger partial charge in [-0.25, -0.2) is 0 Å². The van der Waals surface area contributed by atoms with Crippen LogP contribution < -0.4 is 11.1 Å². The average Bonchev–Trinajstić information content (AvgIpc) is 2.70. The summed E-state index contributed by atoms with van der Waals surface area (Å²) >= 11 is 7.20. The predicted molar refractivity (Wildman–Crippen MR) is 72.9 cm³/mol. The van der Waals surface area contributed by atoms with Crippen molar-refractivity contribution < 1.29 is 4.79 Å². The van der Waals surface area contributed by atoms with Crippen molar-refractivity contribution in [1.29, 1.82) is 0 Å². The van der Waals surface area contributed by atoms with E-state index in [2.05, 4.69) is 5.32 Å². The maximum absolute atomic E-state index is 12.0. The van der Waals surface area contributed by atoms with E-state index in [9.17, 15) is 4.79 Å². The molecule has 1 heterocycles. The molecule has 0 saturated carbocycles. The molecule has 0 atom stereocenters. The highest BCUT2D eigenvalue weighted by Gasteiger charge is 2.14. The summed E-state index contributed by atoms with van der Waals surface area (Å²) in [4.78, 5) is 12.5. The van der Waals surface area contributed by atoms with Gasteiger partial charge in [-0.05, 0) is 30.0 Å². The minimum absolute atomic E-state index is 0.231. The normalized spacial score (nSPS) is 10.2. The van der Waals surface area contributed by atoms with Crippen LogP contribution in [0.5, 0.6) is 0 Å². The molecule has 1 amide bonds. The molecule has 3 N–H and O–H groups in total. The number of para-hydroxylation sites is 1. The average molecular weight is 267 g/mol. The Morgan fingerprint density at radius 2 is 2.18 bits per heavy atom. The third-order valence-corrected chi connectivity index (χ3v) is 3.71. The molecule has 88 valence electrons. The van der Waals surface area contributed by atoms with Gasteiger partial charge in [0.15, 0.2) is 0 Å². The number of anilines is 2. The first-order valence-electron chi connectivity index (χ1n) is 4.99. The van der Waals surface area contributed by atoms with Gasteiger partial charge in [-0.15, -0.1) is 11.3 Å². The Bertz CT molecular complexity index is 545. The van der Waals surface area contributed by atoms with Crippen molar-refractivity contribution in [3.05, 3.63) is 45.1 Å². The minimum Gasteiger partial charge on any atom is -0.397 e. The van der Waals surface area contributed by atoms with Gasteiger partial charge in [0, 0.05) is 0 Å². The van der Waals surface area contributed by atoms with E-state index in [0.717, 1.165) is 5.56 Å². The zero-order valence-electron chi connectivity index (χ0n) is 9.16. The van der Waals surface area contributed by atoms with Crippen LogP contribution in [0, 0.1) is 6.92 Å². The Kier molecular flexibility index (Phi) is 3.36. The molecule has 1 aromatic heterocycles. The number of nitrogens with two attached hydrogens (primary N) is 1. The molecule has 3 nitrogen and oxygen atoms in total. The Morgan fingerprint density at radius 1 is 1.41 bits per heavy atom. The van der Waals surface area contributed by atoms with Crippen LogP contribution in [0.2, 0.25) is 5.02 Å². The second-order valence-electron chi connectivity index (χ2n) is 3.59. The van der Waals surface area contributed by atoms with Gasteiger partial charge in [0.2, 0.25) is 0 Å². The van der Waals surface area contributed by atoms with Crippen molar-refractivity contribution >= 4 is 40.2 Å². The van der Waals surface area contributed by atoms with E-state index in [1.54, 1.807) is 17.5 Å². The summed E-state index contributed by atoms with van der Waals surface area (Å²) < 4.78 is 0. The maximum atomic E-state index is 12.0. The number of rotatable bonds is 2. The second kappa shape index (κ2) is 4.77. The van der Waals surface area contributed by atoms with Crippen LogP contribution in [-0.2, 0) is 0 Å². The number of nitrogens with one attached hydrogen (secondary N) is 1. The molecule has 0 fully saturated rings. The van der Waals surface area contributed by atoms with Gasteiger partial charge in [0.25, 0.3) is 5.91 Å². The fourth-order valence-electron chi connectivity index (χ4n) is 1.49. The number of thiophene rings is 1. The molecule has 5 heteroatoms. The van der Waals surface area contributed by atoms with Crippen LogP contribution in [0.25, 0.3) is 0 Å². The number of hydrogen-bond acceptors (Lipinski definition) is 3. The van der Waals surface area contributed by atoms with Gasteiger partial charge in [0.1, 0.15) is 4.88 Å². The summed E-state index contributed by atoms with van der Waals surface area (Å²) in [7, 11) is 0. The molecule has 0 aliphatic heterocycles. The molecule has 0 unspecified atom stereocenters. The highest BCUT2D eigenvalue weighted by molar-refractivity contribution is 7.12. The van der Waals surface area contributed by atoms with Gasteiger partial charge >= 0.3 is 0 Å². The first kappa shape index (κ1) is 12.0. The fourth-order valence-corrected chi connectivity index (χ4v) is 2.52. The van der Waals surface area contributed by atoms with Crippen molar-refractivity contribution in [2.45, 2.75) is 6.92 Å². The van der Waals surface area contributed by atoms with E-state index in [1.165, 1.54) is 11.3 Å². The molecule has 0 aliphatic rings. The largest absolute Gasteiger partial charge is 0.397 e. The van der Waals surface area contributed by atoms with Gasteiger partial charge in [-0.3, -0.25) is 4.79 Å². The Morgan fingerprint density at radius 3 is 2.76 bits per heavy atom. The summed E-state index contributed by atoms with van der Waals surface area (Å²) in [5.74, 6) is -0.231. The van der Waals surface area contributed by atoms with Gasteiger partial charge in [-0.2, -0.15) is 0 Å². The van der Waals surface area contributed by atoms with Crippen molar-refractivity contribution in [3.63, 3.8) is 0 Å². The second-order valence-corrected chi connectivity index (χ2v) is 4.91. The van der Waals surface area contributed by atoms with Gasteiger partial charge in [-0.1, -0.05) is 23.7 Å². The molecule has 0 bridgehead atoms. The number of nitrogen functional groups attached to an aromatic ring is 1. The molecule has 0 spiro atoms. The number of halogens is 1. The number of aryl methyl sites for hydroxylation is 1. The van der Waals surface area contributed by atoms with E-state index in [-0.39, 0.29) is 5.91 Å². The zero-order valence-corrected chi connectivity index (χ0v) is 10.7. The lowest BCUT2D eigenvalue weighted by Crippen LogP contribution is -2.13. The molecule has 17 heavy (non-hydrogen) atoms. The van der Waals surface area contributed by atoms with E-state index in [1.807, 2.05) is 19.1 Å². The topological polar surface area (TPSA) is 55.1 Å². The third kappa shape index (κ3) is 2.43. The molecular weight excluding hydrogens is 256 g/mol. The standard InChI is InChI=1S/C12H11ClN2OS/c1-7-3-2-4-9(14)10(7)15-12(16)11-8(13)5-6-17-11/h2-6H,14H2,1H3,(H,15,16). The molecule has 0 aliphatic carbocycles.